The highest BCUT2D eigenvalue weighted by Gasteiger charge is 2.29. The molecule has 3 heterocycles. The molecule has 0 saturated carbocycles. The molecular weight excluding hydrogens is 360 g/mol. The van der Waals surface area contributed by atoms with Crippen molar-refractivity contribution in [1.29, 1.82) is 0 Å². The second-order valence-electron chi connectivity index (χ2n) is 7.05. The normalized spacial score (nSPS) is 19.4. The molecule has 1 aliphatic heterocycles. The van der Waals surface area contributed by atoms with E-state index in [0.29, 0.717) is 24.7 Å². The molecule has 1 saturated heterocycles. The summed E-state index contributed by atoms with van der Waals surface area (Å²) in [6, 6.07) is 3.23. The maximum Gasteiger partial charge on any atom is 0.335 e. The van der Waals surface area contributed by atoms with Gasteiger partial charge in [0.2, 0.25) is 5.91 Å². The number of hydrogen-bond acceptors (Lipinski definition) is 6. The average molecular weight is 386 g/mol. The molecular formula is C19H26N6O3. The Balaban J connectivity index is 1.52. The minimum atomic E-state index is -0.955. The number of rotatable bonds is 8. The molecule has 150 valence electrons. The van der Waals surface area contributed by atoms with Crippen molar-refractivity contribution in [1.82, 2.24) is 25.1 Å². The Morgan fingerprint density at radius 1 is 1.39 bits per heavy atom. The zero-order valence-corrected chi connectivity index (χ0v) is 16.0. The average Bonchev–Trinajstić information content (AvgIpc) is 3.22. The number of carboxylic acid groups (broad SMARTS) is 1. The van der Waals surface area contributed by atoms with Crippen LogP contribution in [-0.2, 0) is 11.3 Å². The van der Waals surface area contributed by atoms with Crippen molar-refractivity contribution in [3.8, 4) is 0 Å². The molecule has 28 heavy (non-hydrogen) atoms. The third-order valence-electron chi connectivity index (χ3n) is 5.18. The van der Waals surface area contributed by atoms with Crippen molar-refractivity contribution in [2.45, 2.75) is 45.2 Å². The van der Waals surface area contributed by atoms with Crippen LogP contribution >= 0.6 is 0 Å². The van der Waals surface area contributed by atoms with E-state index in [4.69, 9.17) is 0 Å². The highest BCUT2D eigenvalue weighted by atomic mass is 16.4. The summed E-state index contributed by atoms with van der Waals surface area (Å²) >= 11 is 0. The minimum Gasteiger partial charge on any atom is -0.478 e. The lowest BCUT2D eigenvalue weighted by atomic mass is 9.89. The van der Waals surface area contributed by atoms with Gasteiger partial charge in [0.1, 0.15) is 18.5 Å². The Labute approximate surface area is 163 Å². The fraction of sp³-hybridized carbons (Fsp3) is 0.526. The lowest BCUT2D eigenvalue weighted by Gasteiger charge is -2.39. The van der Waals surface area contributed by atoms with Crippen LogP contribution in [-0.4, -0.2) is 55.9 Å². The first-order valence-electron chi connectivity index (χ1n) is 9.63. The van der Waals surface area contributed by atoms with Crippen molar-refractivity contribution in [2.75, 3.05) is 18.0 Å². The molecule has 3 rings (SSSR count). The SMILES string of the molecule is CC[C@@H]1CN(c2cc(C(=O)O)ccn2)CC[C@@H]1NC(=O)CCCn1cncn1. The third kappa shape index (κ3) is 5.05. The zero-order valence-electron chi connectivity index (χ0n) is 16.0. The molecule has 0 radical (unpaired) electrons. The van der Waals surface area contributed by atoms with Gasteiger partial charge in [-0.05, 0) is 37.3 Å². The largest absolute Gasteiger partial charge is 0.478 e. The Bertz CT molecular complexity index is 795. The van der Waals surface area contributed by atoms with E-state index in [2.05, 4.69) is 32.2 Å². The van der Waals surface area contributed by atoms with Crippen LogP contribution < -0.4 is 10.2 Å². The van der Waals surface area contributed by atoms with Gasteiger partial charge < -0.3 is 15.3 Å². The maximum atomic E-state index is 12.3. The highest BCUT2D eigenvalue weighted by molar-refractivity contribution is 5.88. The number of nitrogens with zero attached hydrogens (tertiary/aromatic N) is 5. The molecule has 0 bridgehead atoms. The van der Waals surface area contributed by atoms with Gasteiger partial charge in [-0.25, -0.2) is 14.8 Å². The number of anilines is 1. The number of piperidine rings is 1. The molecule has 1 amide bonds. The molecule has 2 N–H and O–H groups in total. The smallest absolute Gasteiger partial charge is 0.335 e. The molecule has 0 aliphatic carbocycles. The summed E-state index contributed by atoms with van der Waals surface area (Å²) in [4.78, 5) is 33.8. The zero-order chi connectivity index (χ0) is 19.9. The van der Waals surface area contributed by atoms with Gasteiger partial charge in [-0.3, -0.25) is 9.48 Å². The van der Waals surface area contributed by atoms with Crippen molar-refractivity contribution < 1.29 is 14.7 Å². The van der Waals surface area contributed by atoms with Gasteiger partial charge in [0.15, 0.2) is 0 Å². The van der Waals surface area contributed by atoms with Crippen LogP contribution in [0.2, 0.25) is 0 Å². The van der Waals surface area contributed by atoms with E-state index in [1.807, 2.05) is 0 Å². The number of hydrogen-bond donors (Lipinski definition) is 2. The second-order valence-corrected chi connectivity index (χ2v) is 7.05. The molecule has 2 aromatic heterocycles. The summed E-state index contributed by atoms with van der Waals surface area (Å²) in [5.41, 5.74) is 0.237. The van der Waals surface area contributed by atoms with E-state index in [1.54, 1.807) is 17.1 Å². The van der Waals surface area contributed by atoms with Crippen molar-refractivity contribution in [3.05, 3.63) is 36.5 Å². The fourth-order valence-corrected chi connectivity index (χ4v) is 3.60. The first kappa shape index (κ1) is 19.8. The Morgan fingerprint density at radius 3 is 2.96 bits per heavy atom. The number of aromatic nitrogens is 4. The van der Waals surface area contributed by atoms with Crippen LogP contribution in [0.1, 0.15) is 43.0 Å². The van der Waals surface area contributed by atoms with Gasteiger partial charge >= 0.3 is 5.97 Å². The van der Waals surface area contributed by atoms with E-state index >= 15 is 0 Å². The van der Waals surface area contributed by atoms with E-state index in [-0.39, 0.29) is 17.5 Å². The summed E-state index contributed by atoms with van der Waals surface area (Å²) in [5.74, 6) is 0.0750. The quantitative estimate of drug-likeness (QED) is 0.708. The molecule has 1 aliphatic rings. The molecule has 1 fully saturated rings. The van der Waals surface area contributed by atoms with Gasteiger partial charge in [0.25, 0.3) is 0 Å². The van der Waals surface area contributed by atoms with Gasteiger partial charge in [0.05, 0.1) is 5.56 Å². The number of aryl methyl sites for hydroxylation is 1. The van der Waals surface area contributed by atoms with Crippen LogP contribution in [0.15, 0.2) is 31.0 Å². The monoisotopic (exact) mass is 386 g/mol. The fourth-order valence-electron chi connectivity index (χ4n) is 3.60. The van der Waals surface area contributed by atoms with Crippen LogP contribution in [0.5, 0.6) is 0 Å². The number of carbonyl (C=O) groups is 2. The van der Waals surface area contributed by atoms with E-state index in [9.17, 15) is 14.7 Å². The van der Waals surface area contributed by atoms with Crippen LogP contribution in [0.4, 0.5) is 5.82 Å². The van der Waals surface area contributed by atoms with Crippen LogP contribution in [0.3, 0.4) is 0 Å². The summed E-state index contributed by atoms with van der Waals surface area (Å²) in [6.07, 6.45) is 7.58. The van der Waals surface area contributed by atoms with Crippen LogP contribution in [0, 0.1) is 5.92 Å². The third-order valence-corrected chi connectivity index (χ3v) is 5.18. The Hall–Kier alpha value is -2.97. The lowest BCUT2D eigenvalue weighted by Crippen LogP contribution is -2.51. The van der Waals surface area contributed by atoms with E-state index < -0.39 is 5.97 Å². The Kier molecular flexibility index (Phi) is 6.57. The topological polar surface area (TPSA) is 113 Å². The van der Waals surface area contributed by atoms with Gasteiger partial charge in [-0.2, -0.15) is 5.10 Å². The van der Waals surface area contributed by atoms with E-state index in [1.165, 1.54) is 18.6 Å². The van der Waals surface area contributed by atoms with Crippen molar-refractivity contribution in [2.24, 2.45) is 5.92 Å². The second kappa shape index (κ2) is 9.29. The van der Waals surface area contributed by atoms with Gasteiger partial charge in [-0.15, -0.1) is 0 Å². The van der Waals surface area contributed by atoms with Crippen molar-refractivity contribution in [3.63, 3.8) is 0 Å². The molecule has 0 unspecified atom stereocenters. The predicted octanol–water partition coefficient (Wildman–Crippen LogP) is 1.57. The summed E-state index contributed by atoms with van der Waals surface area (Å²) in [5, 5.41) is 16.4. The van der Waals surface area contributed by atoms with Gasteiger partial charge in [-0.1, -0.05) is 6.92 Å². The first-order chi connectivity index (χ1) is 13.6. The lowest BCUT2D eigenvalue weighted by molar-refractivity contribution is -0.122. The minimum absolute atomic E-state index is 0.0583. The number of carbonyl (C=O) groups excluding carboxylic acids is 1. The standard InChI is InChI=1S/C19H26N6O3/c1-2-14-11-24(17-10-15(19(27)28)5-7-21-17)9-6-16(14)23-18(26)4-3-8-25-13-20-12-22-25/h5,7,10,12-14,16H,2-4,6,8-9,11H2,1H3,(H,23,26)(H,27,28)/t14-,16+/m1/s1. The summed E-state index contributed by atoms with van der Waals surface area (Å²) in [6.45, 7) is 4.26. The van der Waals surface area contributed by atoms with Crippen molar-refractivity contribution >= 4 is 17.7 Å². The summed E-state index contributed by atoms with van der Waals surface area (Å²) < 4.78 is 1.72. The highest BCUT2D eigenvalue weighted by Crippen LogP contribution is 2.25. The molecule has 9 heteroatoms. The molecule has 0 aromatic carbocycles. The number of aromatic carboxylic acids is 1. The predicted molar refractivity (Wildman–Crippen MR) is 103 cm³/mol. The number of carboxylic acids is 1. The molecule has 9 nitrogen and oxygen atoms in total. The first-order valence-corrected chi connectivity index (χ1v) is 9.63. The molecule has 0 spiro atoms. The molecule has 2 aromatic rings. The maximum absolute atomic E-state index is 12.3. The van der Waals surface area contributed by atoms with Gasteiger partial charge in [0, 0.05) is 38.3 Å². The van der Waals surface area contributed by atoms with Crippen LogP contribution in [0.25, 0.3) is 0 Å². The summed E-state index contributed by atoms with van der Waals surface area (Å²) in [7, 11) is 0. The van der Waals surface area contributed by atoms with E-state index in [0.717, 1.165) is 32.4 Å². The molecule has 2 atom stereocenters. The Morgan fingerprint density at radius 2 is 2.25 bits per heavy atom. The number of amides is 1. The number of pyridine rings is 1. The number of nitrogens with one attached hydrogen (secondary N) is 1.